The van der Waals surface area contributed by atoms with Crippen LogP contribution < -0.4 is 5.69 Å². The second kappa shape index (κ2) is 7.15. The van der Waals surface area contributed by atoms with E-state index >= 15 is 0 Å². The van der Waals surface area contributed by atoms with Gasteiger partial charge >= 0.3 is 5.69 Å². The molecule has 4 rings (SSSR count). The summed E-state index contributed by atoms with van der Waals surface area (Å²) in [5.41, 5.74) is 3.33. The van der Waals surface area contributed by atoms with Crippen LogP contribution in [0.15, 0.2) is 78.0 Å². The topological polar surface area (TPSA) is 72.9 Å². The summed E-state index contributed by atoms with van der Waals surface area (Å²) in [6.07, 6.45) is 5.25. The third kappa shape index (κ3) is 3.32. The number of imidazole rings is 1. The first-order valence-electron chi connectivity index (χ1n) is 9.02. The predicted molar refractivity (Wildman–Crippen MR) is 108 cm³/mol. The van der Waals surface area contributed by atoms with Crippen molar-refractivity contribution in [3.05, 3.63) is 95.1 Å². The normalized spacial score (nSPS) is 12.1. The molecule has 1 atom stereocenters. The van der Waals surface area contributed by atoms with Crippen LogP contribution in [-0.2, 0) is 0 Å². The minimum absolute atomic E-state index is 0.138. The highest BCUT2D eigenvalue weighted by atomic mass is 16.3. The van der Waals surface area contributed by atoms with Crippen LogP contribution in [0, 0.1) is 6.92 Å². The maximum absolute atomic E-state index is 12.9. The number of rotatable bonds is 4. The van der Waals surface area contributed by atoms with E-state index in [0.29, 0.717) is 0 Å². The zero-order valence-corrected chi connectivity index (χ0v) is 15.6. The molecule has 0 aliphatic heterocycles. The molecule has 1 N–H and O–H groups in total. The van der Waals surface area contributed by atoms with Crippen LogP contribution in [0.25, 0.3) is 16.9 Å². The van der Waals surface area contributed by atoms with Gasteiger partial charge in [-0.3, -0.25) is 9.13 Å². The number of benzene rings is 2. The van der Waals surface area contributed by atoms with Gasteiger partial charge in [-0.2, -0.15) is 0 Å². The van der Waals surface area contributed by atoms with Gasteiger partial charge in [-0.05, 0) is 49.7 Å². The first kappa shape index (κ1) is 17.7. The molecule has 28 heavy (non-hydrogen) atoms. The number of aromatic hydroxyl groups is 1. The van der Waals surface area contributed by atoms with Crippen LogP contribution in [0.2, 0.25) is 0 Å². The maximum atomic E-state index is 12.9. The summed E-state index contributed by atoms with van der Waals surface area (Å²) in [6, 6.07) is 16.3. The Labute approximate surface area is 162 Å². The Morgan fingerprint density at radius 1 is 1.04 bits per heavy atom. The average Bonchev–Trinajstić information content (AvgIpc) is 3.09. The minimum atomic E-state index is -0.191. The van der Waals surface area contributed by atoms with Crippen molar-refractivity contribution in [2.24, 2.45) is 0 Å². The van der Waals surface area contributed by atoms with Crippen molar-refractivity contribution in [2.45, 2.75) is 19.9 Å². The van der Waals surface area contributed by atoms with E-state index in [1.807, 2.05) is 50.2 Å². The van der Waals surface area contributed by atoms with Gasteiger partial charge in [-0.25, -0.2) is 14.8 Å². The number of phenols is 1. The third-order valence-electron chi connectivity index (χ3n) is 4.79. The summed E-state index contributed by atoms with van der Waals surface area (Å²) >= 11 is 0. The van der Waals surface area contributed by atoms with E-state index < -0.39 is 0 Å². The number of hydrogen-bond acceptors (Lipinski definition) is 4. The summed E-state index contributed by atoms with van der Waals surface area (Å²) in [5, 5.41) is 9.70. The van der Waals surface area contributed by atoms with Gasteiger partial charge in [0.2, 0.25) is 0 Å². The first-order chi connectivity index (χ1) is 13.5. The van der Waals surface area contributed by atoms with Gasteiger partial charge in [0.15, 0.2) is 0 Å². The quantitative estimate of drug-likeness (QED) is 0.593. The lowest BCUT2D eigenvalue weighted by Gasteiger charge is -2.13. The summed E-state index contributed by atoms with van der Waals surface area (Å²) in [4.78, 5) is 21.5. The predicted octanol–water partition coefficient (Wildman–Crippen LogP) is 3.72. The largest absolute Gasteiger partial charge is 0.508 e. The number of aromatic nitrogens is 4. The minimum Gasteiger partial charge on any atom is -0.508 e. The fourth-order valence-corrected chi connectivity index (χ4v) is 3.24. The van der Waals surface area contributed by atoms with Gasteiger partial charge < -0.3 is 5.11 Å². The van der Waals surface area contributed by atoms with Gasteiger partial charge in [0.25, 0.3) is 0 Å². The Bertz CT molecular complexity index is 1180. The molecule has 0 aliphatic carbocycles. The van der Waals surface area contributed by atoms with Crippen molar-refractivity contribution < 1.29 is 5.11 Å². The van der Waals surface area contributed by atoms with Crippen molar-refractivity contribution in [2.75, 3.05) is 0 Å². The third-order valence-corrected chi connectivity index (χ3v) is 4.79. The van der Waals surface area contributed by atoms with E-state index in [1.54, 1.807) is 45.9 Å². The molecule has 0 saturated heterocycles. The molecular formula is C22H20N4O2. The fourth-order valence-electron chi connectivity index (χ4n) is 3.24. The van der Waals surface area contributed by atoms with Gasteiger partial charge in [-0.15, -0.1) is 0 Å². The lowest BCUT2D eigenvalue weighted by molar-refractivity contribution is 0.472. The van der Waals surface area contributed by atoms with E-state index in [-0.39, 0.29) is 17.5 Å². The molecule has 0 spiro atoms. The number of phenolic OH excluding ortho intramolecular Hbond substituents is 1. The highest BCUT2D eigenvalue weighted by Crippen LogP contribution is 2.22. The highest BCUT2D eigenvalue weighted by Gasteiger charge is 2.14. The van der Waals surface area contributed by atoms with Crippen LogP contribution in [-0.4, -0.2) is 24.2 Å². The van der Waals surface area contributed by atoms with Crippen LogP contribution in [0.4, 0.5) is 0 Å². The van der Waals surface area contributed by atoms with Gasteiger partial charge in [0.1, 0.15) is 11.6 Å². The smallest absolute Gasteiger partial charge is 0.333 e. The van der Waals surface area contributed by atoms with Crippen LogP contribution in [0.5, 0.6) is 5.75 Å². The summed E-state index contributed by atoms with van der Waals surface area (Å²) in [7, 11) is 0. The van der Waals surface area contributed by atoms with Gasteiger partial charge in [0, 0.05) is 24.2 Å². The number of hydrogen-bond donors (Lipinski definition) is 1. The molecule has 0 bridgehead atoms. The summed E-state index contributed by atoms with van der Waals surface area (Å²) in [5.74, 6) is 0.906. The number of aryl methyl sites for hydroxylation is 1. The Balaban J connectivity index is 1.65. The number of nitrogens with zero attached hydrogens (tertiary/aromatic N) is 4. The molecule has 0 saturated carbocycles. The molecule has 4 aromatic rings. The highest BCUT2D eigenvalue weighted by molar-refractivity contribution is 5.60. The lowest BCUT2D eigenvalue weighted by Crippen LogP contribution is -2.25. The molecule has 2 heterocycles. The fraction of sp³-hybridized carbons (Fsp3) is 0.136. The zero-order valence-electron chi connectivity index (χ0n) is 15.6. The van der Waals surface area contributed by atoms with Crippen LogP contribution in [0.1, 0.15) is 24.4 Å². The van der Waals surface area contributed by atoms with Gasteiger partial charge in [0.05, 0.1) is 17.4 Å². The monoisotopic (exact) mass is 372 g/mol. The maximum Gasteiger partial charge on any atom is 0.333 e. The van der Waals surface area contributed by atoms with E-state index in [4.69, 9.17) is 0 Å². The van der Waals surface area contributed by atoms with E-state index in [1.165, 1.54) is 0 Å². The SMILES string of the molecule is Cc1nccc(-c2ccc(-n3ccn(C(C)c4cccc(O)c4)c3=O)cc2)n1. The zero-order chi connectivity index (χ0) is 19.7. The molecule has 140 valence electrons. The molecule has 0 aliphatic rings. The van der Waals surface area contributed by atoms with Crippen LogP contribution in [0.3, 0.4) is 0 Å². The van der Waals surface area contributed by atoms with E-state index in [2.05, 4.69) is 9.97 Å². The lowest BCUT2D eigenvalue weighted by atomic mass is 10.1. The van der Waals surface area contributed by atoms with Gasteiger partial charge in [-0.1, -0.05) is 24.3 Å². The molecule has 2 aromatic carbocycles. The summed E-state index contributed by atoms with van der Waals surface area (Å²) in [6.45, 7) is 3.79. The molecule has 1 unspecified atom stereocenters. The Hall–Kier alpha value is -3.67. The molecule has 0 amide bonds. The molecule has 0 radical (unpaired) electrons. The molecule has 6 nitrogen and oxygen atoms in total. The molecule has 2 aromatic heterocycles. The van der Waals surface area contributed by atoms with Crippen molar-refractivity contribution in [1.29, 1.82) is 0 Å². The van der Waals surface area contributed by atoms with Crippen molar-refractivity contribution in [3.8, 4) is 22.7 Å². The Morgan fingerprint density at radius 2 is 1.82 bits per heavy atom. The average molecular weight is 372 g/mol. The Morgan fingerprint density at radius 3 is 2.54 bits per heavy atom. The van der Waals surface area contributed by atoms with E-state index in [0.717, 1.165) is 28.3 Å². The second-order valence-corrected chi connectivity index (χ2v) is 6.66. The van der Waals surface area contributed by atoms with E-state index in [9.17, 15) is 9.90 Å². The standard InChI is InChI=1S/C22H20N4O2/c1-15(18-4-3-5-20(27)14-18)25-12-13-26(22(25)28)19-8-6-17(7-9-19)21-10-11-23-16(2)24-21/h3-15,27H,1-2H3. The van der Waals surface area contributed by atoms with Crippen molar-refractivity contribution in [3.63, 3.8) is 0 Å². The molecular weight excluding hydrogens is 352 g/mol. The second-order valence-electron chi connectivity index (χ2n) is 6.66. The van der Waals surface area contributed by atoms with Crippen LogP contribution >= 0.6 is 0 Å². The van der Waals surface area contributed by atoms with Crippen molar-refractivity contribution >= 4 is 0 Å². The summed E-state index contributed by atoms with van der Waals surface area (Å²) < 4.78 is 3.25. The van der Waals surface area contributed by atoms with Crippen molar-refractivity contribution in [1.82, 2.24) is 19.1 Å². The first-order valence-corrected chi connectivity index (χ1v) is 9.02. The Kier molecular flexibility index (Phi) is 4.53. The molecule has 0 fully saturated rings. The molecule has 6 heteroatoms.